The zero-order chi connectivity index (χ0) is 16.0. The highest BCUT2D eigenvalue weighted by molar-refractivity contribution is 7.10. The average molecular weight is 325 g/mol. The number of para-hydroxylation sites is 1. The number of nitrogens with zero attached hydrogens (tertiary/aromatic N) is 1. The molecule has 0 bridgehead atoms. The average Bonchev–Trinajstić information content (AvgIpc) is 3.04. The summed E-state index contributed by atoms with van der Waals surface area (Å²) in [4.78, 5) is 28.1. The third-order valence-corrected chi connectivity index (χ3v) is 5.38. The van der Waals surface area contributed by atoms with Crippen LogP contribution in [-0.2, 0) is 6.42 Å². The molecule has 1 aliphatic heterocycles. The van der Waals surface area contributed by atoms with E-state index in [9.17, 15) is 9.59 Å². The van der Waals surface area contributed by atoms with Crippen LogP contribution in [0.3, 0.4) is 0 Å². The van der Waals surface area contributed by atoms with Gasteiger partial charge in [0.15, 0.2) is 11.2 Å². The fourth-order valence-electron chi connectivity index (χ4n) is 3.14. The minimum Gasteiger partial charge on any atom is -0.451 e. The van der Waals surface area contributed by atoms with E-state index in [-0.39, 0.29) is 23.1 Å². The van der Waals surface area contributed by atoms with Crippen LogP contribution in [0.1, 0.15) is 34.0 Å². The monoisotopic (exact) mass is 325 g/mol. The Labute approximate surface area is 137 Å². The van der Waals surface area contributed by atoms with Gasteiger partial charge >= 0.3 is 0 Å². The normalized spacial score (nSPS) is 17.3. The van der Waals surface area contributed by atoms with Crippen LogP contribution in [0.4, 0.5) is 0 Å². The van der Waals surface area contributed by atoms with Crippen LogP contribution < -0.4 is 5.43 Å². The minimum absolute atomic E-state index is 0.00530. The van der Waals surface area contributed by atoms with Gasteiger partial charge in [0.1, 0.15) is 5.58 Å². The maximum absolute atomic E-state index is 12.8. The van der Waals surface area contributed by atoms with E-state index in [1.165, 1.54) is 16.5 Å². The molecule has 0 unspecified atom stereocenters. The Kier molecular flexibility index (Phi) is 3.31. The van der Waals surface area contributed by atoms with Crippen LogP contribution in [0.5, 0.6) is 0 Å². The minimum atomic E-state index is -0.225. The lowest BCUT2D eigenvalue weighted by Gasteiger charge is -2.33. The van der Waals surface area contributed by atoms with Crippen LogP contribution in [-0.4, -0.2) is 17.4 Å². The van der Waals surface area contributed by atoms with Crippen LogP contribution >= 0.6 is 11.3 Å². The van der Waals surface area contributed by atoms with Crippen molar-refractivity contribution in [3.05, 3.63) is 68.2 Å². The summed E-state index contributed by atoms with van der Waals surface area (Å²) in [5.74, 6) is -0.114. The smallest absolute Gasteiger partial charge is 0.290 e. The number of thiophene rings is 1. The molecule has 3 aromatic rings. The van der Waals surface area contributed by atoms with Crippen molar-refractivity contribution in [3.63, 3.8) is 0 Å². The van der Waals surface area contributed by atoms with E-state index in [1.54, 1.807) is 40.5 Å². The molecule has 4 nitrogen and oxygen atoms in total. The molecule has 0 radical (unpaired) electrons. The summed E-state index contributed by atoms with van der Waals surface area (Å²) in [7, 11) is 0. The first-order valence-corrected chi connectivity index (χ1v) is 8.43. The van der Waals surface area contributed by atoms with Gasteiger partial charge in [-0.3, -0.25) is 9.59 Å². The Balaban J connectivity index is 1.74. The SMILES string of the molecule is C[C@@H]1c2ccsc2CCN1C(=O)c1cc(=O)c2ccccc2o1. The number of carbonyl (C=O) groups excluding carboxylic acids is 1. The van der Waals surface area contributed by atoms with E-state index < -0.39 is 0 Å². The fraction of sp³-hybridized carbons (Fsp3) is 0.222. The first kappa shape index (κ1) is 14.2. The highest BCUT2D eigenvalue weighted by Gasteiger charge is 2.30. The van der Waals surface area contributed by atoms with Gasteiger partial charge in [-0.05, 0) is 42.5 Å². The molecule has 0 saturated carbocycles. The van der Waals surface area contributed by atoms with Gasteiger partial charge < -0.3 is 9.32 Å². The molecular weight excluding hydrogens is 310 g/mol. The first-order valence-electron chi connectivity index (χ1n) is 7.55. The van der Waals surface area contributed by atoms with E-state index >= 15 is 0 Å². The molecule has 2 aromatic heterocycles. The summed E-state index contributed by atoms with van der Waals surface area (Å²) in [5, 5.41) is 2.56. The second kappa shape index (κ2) is 5.35. The first-order chi connectivity index (χ1) is 11.1. The second-order valence-electron chi connectivity index (χ2n) is 5.69. The van der Waals surface area contributed by atoms with Gasteiger partial charge in [0.2, 0.25) is 0 Å². The van der Waals surface area contributed by atoms with Gasteiger partial charge in [-0.15, -0.1) is 11.3 Å². The van der Waals surface area contributed by atoms with Crippen molar-refractivity contribution in [2.24, 2.45) is 0 Å². The summed E-state index contributed by atoms with van der Waals surface area (Å²) in [6.07, 6.45) is 0.848. The molecule has 5 heteroatoms. The number of rotatable bonds is 1. The van der Waals surface area contributed by atoms with E-state index in [2.05, 4.69) is 11.4 Å². The molecule has 1 aromatic carbocycles. The van der Waals surface area contributed by atoms with E-state index in [0.29, 0.717) is 17.5 Å². The molecule has 0 fully saturated rings. The predicted octanol–water partition coefficient (Wildman–Crippen LogP) is 3.61. The number of hydrogen-bond donors (Lipinski definition) is 0. The Bertz CT molecular complexity index is 956. The number of carbonyl (C=O) groups is 1. The summed E-state index contributed by atoms with van der Waals surface area (Å²) in [6.45, 7) is 2.66. The zero-order valence-corrected chi connectivity index (χ0v) is 13.4. The molecule has 116 valence electrons. The highest BCUT2D eigenvalue weighted by atomic mass is 32.1. The summed E-state index contributed by atoms with van der Waals surface area (Å²) in [6, 6.07) is 10.4. The second-order valence-corrected chi connectivity index (χ2v) is 6.70. The molecule has 0 N–H and O–H groups in total. The number of amides is 1. The van der Waals surface area contributed by atoms with Crippen molar-refractivity contribution in [2.45, 2.75) is 19.4 Å². The number of benzene rings is 1. The van der Waals surface area contributed by atoms with E-state index in [0.717, 1.165) is 6.42 Å². The largest absolute Gasteiger partial charge is 0.451 e. The molecule has 0 aliphatic carbocycles. The molecular formula is C18H15NO3S. The number of hydrogen-bond acceptors (Lipinski definition) is 4. The van der Waals surface area contributed by atoms with Crippen LogP contribution in [0.15, 0.2) is 51.0 Å². The van der Waals surface area contributed by atoms with Gasteiger partial charge in [0.05, 0.1) is 11.4 Å². The quantitative estimate of drug-likeness (QED) is 0.687. The lowest BCUT2D eigenvalue weighted by molar-refractivity contribution is 0.0647. The van der Waals surface area contributed by atoms with Crippen molar-refractivity contribution in [1.82, 2.24) is 4.90 Å². The molecule has 4 rings (SSSR count). The molecule has 1 amide bonds. The Morgan fingerprint density at radius 3 is 3.00 bits per heavy atom. The molecule has 23 heavy (non-hydrogen) atoms. The Hall–Kier alpha value is -2.40. The van der Waals surface area contributed by atoms with Gasteiger partial charge in [-0.1, -0.05) is 12.1 Å². The van der Waals surface area contributed by atoms with Gasteiger partial charge in [0, 0.05) is 17.5 Å². The Morgan fingerprint density at radius 2 is 2.13 bits per heavy atom. The molecule has 1 atom stereocenters. The predicted molar refractivity (Wildman–Crippen MR) is 90.0 cm³/mol. The van der Waals surface area contributed by atoms with Crippen molar-refractivity contribution in [2.75, 3.05) is 6.54 Å². The third kappa shape index (κ3) is 2.28. The summed E-state index contributed by atoms with van der Waals surface area (Å²) in [5.41, 5.74) is 1.46. The molecule has 3 heterocycles. The van der Waals surface area contributed by atoms with Crippen molar-refractivity contribution < 1.29 is 9.21 Å². The summed E-state index contributed by atoms with van der Waals surface area (Å²) < 4.78 is 5.69. The third-order valence-electron chi connectivity index (χ3n) is 4.38. The van der Waals surface area contributed by atoms with Gasteiger partial charge in [-0.2, -0.15) is 0 Å². The topological polar surface area (TPSA) is 50.5 Å². The van der Waals surface area contributed by atoms with E-state index in [4.69, 9.17) is 4.42 Å². The van der Waals surface area contributed by atoms with Gasteiger partial charge in [-0.25, -0.2) is 0 Å². The number of fused-ring (bicyclic) bond motifs is 2. The van der Waals surface area contributed by atoms with Crippen LogP contribution in [0, 0.1) is 0 Å². The lowest BCUT2D eigenvalue weighted by Crippen LogP contribution is -2.38. The van der Waals surface area contributed by atoms with E-state index in [1.807, 2.05) is 6.92 Å². The summed E-state index contributed by atoms with van der Waals surface area (Å²) >= 11 is 1.73. The van der Waals surface area contributed by atoms with Crippen molar-refractivity contribution in [1.29, 1.82) is 0 Å². The lowest BCUT2D eigenvalue weighted by atomic mass is 10.0. The maximum Gasteiger partial charge on any atom is 0.290 e. The molecule has 0 saturated heterocycles. The van der Waals surface area contributed by atoms with Crippen LogP contribution in [0.25, 0.3) is 11.0 Å². The maximum atomic E-state index is 12.8. The molecule has 0 spiro atoms. The van der Waals surface area contributed by atoms with Crippen molar-refractivity contribution in [3.8, 4) is 0 Å². The van der Waals surface area contributed by atoms with Gasteiger partial charge in [0.25, 0.3) is 5.91 Å². The standard InChI is InChI=1S/C18H15NO3S/c1-11-12-7-9-23-17(12)6-8-19(11)18(21)16-10-14(20)13-4-2-3-5-15(13)22-16/h2-5,7,9-11H,6,8H2,1H3/t11-/m1/s1. The zero-order valence-electron chi connectivity index (χ0n) is 12.6. The molecule has 1 aliphatic rings. The highest BCUT2D eigenvalue weighted by Crippen LogP contribution is 2.33. The fourth-order valence-corrected chi connectivity index (χ4v) is 4.10. The van der Waals surface area contributed by atoms with Crippen LogP contribution in [0.2, 0.25) is 0 Å². The van der Waals surface area contributed by atoms with Crippen molar-refractivity contribution >= 4 is 28.2 Å². The Morgan fingerprint density at radius 1 is 1.30 bits per heavy atom.